The number of amides is 1. The second-order valence-corrected chi connectivity index (χ2v) is 3.02. The maximum absolute atomic E-state index is 11.1. The normalized spacial score (nSPS) is 23.5. The maximum atomic E-state index is 11.1. The van der Waals surface area contributed by atoms with Gasteiger partial charge in [0.2, 0.25) is 5.91 Å². The summed E-state index contributed by atoms with van der Waals surface area (Å²) < 4.78 is 0. The fourth-order valence-electron chi connectivity index (χ4n) is 1.42. The van der Waals surface area contributed by atoms with E-state index in [1.54, 1.807) is 0 Å². The van der Waals surface area contributed by atoms with E-state index in [4.69, 9.17) is 0 Å². The number of hydrogen-bond donors (Lipinski definition) is 2. The molecule has 1 atom stereocenters. The highest BCUT2D eigenvalue weighted by molar-refractivity contribution is 5.76. The van der Waals surface area contributed by atoms with Crippen LogP contribution in [0.2, 0.25) is 0 Å². The Morgan fingerprint density at radius 1 is 1.73 bits per heavy atom. The first kappa shape index (κ1) is 8.53. The van der Waals surface area contributed by atoms with Crippen molar-refractivity contribution in [1.82, 2.24) is 10.6 Å². The Morgan fingerprint density at radius 2 is 2.55 bits per heavy atom. The van der Waals surface area contributed by atoms with Crippen LogP contribution in [0.4, 0.5) is 0 Å². The van der Waals surface area contributed by atoms with Crippen LogP contribution in [0.15, 0.2) is 0 Å². The van der Waals surface area contributed by atoms with Gasteiger partial charge in [-0.05, 0) is 32.4 Å². The van der Waals surface area contributed by atoms with Crippen molar-refractivity contribution >= 4 is 5.91 Å². The Kier molecular flexibility index (Phi) is 3.36. The summed E-state index contributed by atoms with van der Waals surface area (Å²) in [5, 5.41) is 6.05. The van der Waals surface area contributed by atoms with Gasteiger partial charge in [0.1, 0.15) is 0 Å². The zero-order chi connectivity index (χ0) is 8.10. The molecule has 0 bridgehead atoms. The van der Waals surface area contributed by atoms with E-state index in [0.29, 0.717) is 12.3 Å². The lowest BCUT2D eigenvalue weighted by atomic mass is 10.1. The molecule has 1 heterocycles. The molecule has 0 aliphatic carbocycles. The molecule has 1 saturated heterocycles. The second-order valence-electron chi connectivity index (χ2n) is 3.02. The molecule has 11 heavy (non-hydrogen) atoms. The highest BCUT2D eigenvalue weighted by Crippen LogP contribution is 2.11. The monoisotopic (exact) mass is 156 g/mol. The van der Waals surface area contributed by atoms with E-state index in [2.05, 4.69) is 10.6 Å². The lowest BCUT2D eigenvalue weighted by molar-refractivity contribution is -0.121. The zero-order valence-electron chi connectivity index (χ0n) is 7.02. The number of carbonyl (C=O) groups excluding carboxylic acids is 1. The van der Waals surface area contributed by atoms with E-state index in [0.717, 1.165) is 26.1 Å². The van der Waals surface area contributed by atoms with Gasteiger partial charge in [-0.1, -0.05) is 0 Å². The van der Waals surface area contributed by atoms with Gasteiger partial charge in [0.15, 0.2) is 0 Å². The van der Waals surface area contributed by atoms with Crippen LogP contribution in [-0.4, -0.2) is 25.5 Å². The smallest absolute Gasteiger partial charge is 0.220 e. The summed E-state index contributed by atoms with van der Waals surface area (Å²) >= 11 is 0. The summed E-state index contributed by atoms with van der Waals surface area (Å²) in [6.45, 7) is 4.78. The van der Waals surface area contributed by atoms with Gasteiger partial charge in [-0.15, -0.1) is 0 Å². The summed E-state index contributed by atoms with van der Waals surface area (Å²) in [5.74, 6) is 0.766. The molecular formula is C8H16N2O. The third-order valence-corrected chi connectivity index (χ3v) is 2.01. The van der Waals surface area contributed by atoms with Gasteiger partial charge in [0, 0.05) is 13.0 Å². The van der Waals surface area contributed by atoms with E-state index in [-0.39, 0.29) is 5.91 Å². The first-order chi connectivity index (χ1) is 5.33. The average Bonchev–Trinajstić information content (AvgIpc) is 2.40. The fraction of sp³-hybridized carbons (Fsp3) is 0.875. The molecule has 2 N–H and O–H groups in total. The van der Waals surface area contributed by atoms with E-state index >= 15 is 0 Å². The Balaban J connectivity index is 2.13. The molecule has 1 aliphatic rings. The molecule has 64 valence electrons. The number of carbonyl (C=O) groups is 1. The highest BCUT2D eigenvalue weighted by Gasteiger charge is 2.16. The van der Waals surface area contributed by atoms with Crippen molar-refractivity contribution in [3.05, 3.63) is 0 Å². The molecule has 1 rings (SSSR count). The Bertz CT molecular complexity index is 130. The third-order valence-electron chi connectivity index (χ3n) is 2.01. The molecule has 0 aromatic rings. The largest absolute Gasteiger partial charge is 0.356 e. The summed E-state index contributed by atoms with van der Waals surface area (Å²) in [6.07, 6.45) is 1.85. The van der Waals surface area contributed by atoms with E-state index in [1.807, 2.05) is 6.92 Å². The van der Waals surface area contributed by atoms with Gasteiger partial charge in [-0.2, -0.15) is 0 Å². The Hall–Kier alpha value is -0.570. The van der Waals surface area contributed by atoms with Gasteiger partial charge in [0.25, 0.3) is 0 Å². The molecule has 0 radical (unpaired) electrons. The van der Waals surface area contributed by atoms with Crippen molar-refractivity contribution in [2.75, 3.05) is 19.6 Å². The Morgan fingerprint density at radius 3 is 3.09 bits per heavy atom. The molecule has 0 unspecified atom stereocenters. The minimum Gasteiger partial charge on any atom is -0.356 e. The van der Waals surface area contributed by atoms with Gasteiger partial charge < -0.3 is 10.6 Å². The maximum Gasteiger partial charge on any atom is 0.220 e. The molecule has 1 fully saturated rings. The zero-order valence-corrected chi connectivity index (χ0v) is 7.02. The summed E-state index contributed by atoms with van der Waals surface area (Å²) in [5.41, 5.74) is 0. The van der Waals surface area contributed by atoms with Crippen molar-refractivity contribution in [2.45, 2.75) is 19.8 Å². The minimum atomic E-state index is 0.196. The van der Waals surface area contributed by atoms with Crippen LogP contribution >= 0.6 is 0 Å². The lowest BCUT2D eigenvalue weighted by Crippen LogP contribution is -2.25. The SMILES string of the molecule is CCNC(=O)C[C@@H]1CCNC1. The van der Waals surface area contributed by atoms with Gasteiger partial charge in [-0.25, -0.2) is 0 Å². The average molecular weight is 156 g/mol. The summed E-state index contributed by atoms with van der Waals surface area (Å²) in [7, 11) is 0. The van der Waals surface area contributed by atoms with Gasteiger partial charge in [-0.3, -0.25) is 4.79 Å². The third kappa shape index (κ3) is 2.89. The first-order valence-electron chi connectivity index (χ1n) is 4.30. The molecule has 3 heteroatoms. The fourth-order valence-corrected chi connectivity index (χ4v) is 1.42. The van der Waals surface area contributed by atoms with Crippen LogP contribution < -0.4 is 10.6 Å². The number of nitrogens with one attached hydrogen (secondary N) is 2. The molecule has 1 amide bonds. The molecule has 0 spiro atoms. The van der Waals surface area contributed by atoms with Crippen LogP contribution in [0.25, 0.3) is 0 Å². The van der Waals surface area contributed by atoms with Crippen LogP contribution in [0.3, 0.4) is 0 Å². The topological polar surface area (TPSA) is 41.1 Å². The molecule has 0 aromatic heterocycles. The van der Waals surface area contributed by atoms with Crippen LogP contribution in [0, 0.1) is 5.92 Å². The standard InChI is InChI=1S/C8H16N2O/c1-2-10-8(11)5-7-3-4-9-6-7/h7,9H,2-6H2,1H3,(H,10,11)/t7-/m0/s1. The molecule has 1 aliphatic heterocycles. The summed E-state index contributed by atoms with van der Waals surface area (Å²) in [6, 6.07) is 0. The van der Waals surface area contributed by atoms with Crippen molar-refractivity contribution in [2.24, 2.45) is 5.92 Å². The predicted molar refractivity (Wildman–Crippen MR) is 44.3 cm³/mol. The number of hydrogen-bond acceptors (Lipinski definition) is 2. The van der Waals surface area contributed by atoms with Gasteiger partial charge in [0.05, 0.1) is 0 Å². The Labute approximate surface area is 67.5 Å². The lowest BCUT2D eigenvalue weighted by Gasteiger charge is -2.06. The molecule has 0 aromatic carbocycles. The highest BCUT2D eigenvalue weighted by atomic mass is 16.1. The van der Waals surface area contributed by atoms with Crippen LogP contribution in [0.1, 0.15) is 19.8 Å². The van der Waals surface area contributed by atoms with E-state index in [9.17, 15) is 4.79 Å². The van der Waals surface area contributed by atoms with Crippen molar-refractivity contribution in [3.8, 4) is 0 Å². The van der Waals surface area contributed by atoms with E-state index < -0.39 is 0 Å². The number of rotatable bonds is 3. The predicted octanol–water partition coefficient (Wildman–Crippen LogP) is 0.122. The van der Waals surface area contributed by atoms with Crippen LogP contribution in [-0.2, 0) is 4.79 Å². The first-order valence-corrected chi connectivity index (χ1v) is 4.30. The second kappa shape index (κ2) is 4.34. The van der Waals surface area contributed by atoms with Crippen LogP contribution in [0.5, 0.6) is 0 Å². The molecular weight excluding hydrogens is 140 g/mol. The summed E-state index contributed by atoms with van der Waals surface area (Å²) in [4.78, 5) is 11.1. The van der Waals surface area contributed by atoms with Crippen molar-refractivity contribution < 1.29 is 4.79 Å². The van der Waals surface area contributed by atoms with Gasteiger partial charge >= 0.3 is 0 Å². The quantitative estimate of drug-likeness (QED) is 0.609. The van der Waals surface area contributed by atoms with Crippen molar-refractivity contribution in [1.29, 1.82) is 0 Å². The van der Waals surface area contributed by atoms with Crippen molar-refractivity contribution in [3.63, 3.8) is 0 Å². The van der Waals surface area contributed by atoms with E-state index in [1.165, 1.54) is 0 Å². The molecule has 3 nitrogen and oxygen atoms in total. The molecule has 0 saturated carbocycles. The minimum absolute atomic E-state index is 0.196.